The fraction of sp³-hybridized carbons (Fsp3) is 0.158. The molecule has 0 aliphatic carbocycles. The predicted molar refractivity (Wildman–Crippen MR) is 118 cm³/mol. The fourth-order valence-corrected chi connectivity index (χ4v) is 3.86. The van der Waals surface area contributed by atoms with Gasteiger partial charge in [-0.15, -0.1) is 0 Å². The minimum absolute atomic E-state index is 0.0317. The van der Waals surface area contributed by atoms with E-state index in [0.717, 1.165) is 5.56 Å². The molecule has 2 aromatic carbocycles. The third kappa shape index (κ3) is 5.76. The van der Waals surface area contributed by atoms with Crippen molar-refractivity contribution in [3.63, 3.8) is 0 Å². The number of primary sulfonamides is 2. The van der Waals surface area contributed by atoms with Gasteiger partial charge in [-0.3, -0.25) is 0 Å². The second-order valence-electron chi connectivity index (χ2n) is 7.05. The molecule has 31 heavy (non-hydrogen) atoms. The highest BCUT2D eigenvalue weighted by Gasteiger charge is 2.14. The van der Waals surface area contributed by atoms with Crippen molar-refractivity contribution < 1.29 is 16.8 Å². The average Bonchev–Trinajstić information content (AvgIpc) is 2.67. The minimum atomic E-state index is -3.85. The molecule has 10 nitrogen and oxygen atoms in total. The maximum Gasteiger partial charge on any atom is 0.238 e. The van der Waals surface area contributed by atoms with E-state index in [1.807, 2.05) is 13.8 Å². The summed E-state index contributed by atoms with van der Waals surface area (Å²) in [4.78, 5) is 8.68. The number of anilines is 4. The zero-order valence-electron chi connectivity index (χ0n) is 16.8. The molecule has 3 aromatic rings. The summed E-state index contributed by atoms with van der Waals surface area (Å²) in [6.45, 7) is 3.93. The molecular formula is C19H22N6O4S2. The lowest BCUT2D eigenvalue weighted by molar-refractivity contribution is 0.596. The Kier molecular flexibility index (Phi) is 6.27. The summed E-state index contributed by atoms with van der Waals surface area (Å²) in [7, 11) is -7.71. The van der Waals surface area contributed by atoms with Crippen molar-refractivity contribution in [3.8, 4) is 0 Å². The Bertz CT molecular complexity index is 1320. The Hall–Kier alpha value is -3.06. The van der Waals surface area contributed by atoms with Crippen molar-refractivity contribution in [1.29, 1.82) is 0 Å². The lowest BCUT2D eigenvalue weighted by Crippen LogP contribution is -2.12. The van der Waals surface area contributed by atoms with Crippen LogP contribution in [0.25, 0.3) is 0 Å². The molecular weight excluding hydrogens is 440 g/mol. The fourth-order valence-electron chi connectivity index (χ4n) is 2.74. The second kappa shape index (κ2) is 8.59. The van der Waals surface area contributed by atoms with E-state index in [-0.39, 0.29) is 21.7 Å². The highest BCUT2D eigenvalue weighted by atomic mass is 32.2. The molecule has 0 aliphatic heterocycles. The zero-order chi connectivity index (χ0) is 22.8. The van der Waals surface area contributed by atoms with Crippen molar-refractivity contribution in [2.45, 2.75) is 29.6 Å². The molecule has 3 rings (SSSR count). The van der Waals surface area contributed by atoms with Gasteiger partial charge in [-0.2, -0.15) is 4.98 Å². The number of nitrogens with one attached hydrogen (secondary N) is 2. The van der Waals surface area contributed by atoms with Gasteiger partial charge in [-0.05, 0) is 42.3 Å². The molecule has 0 spiro atoms. The zero-order valence-corrected chi connectivity index (χ0v) is 18.4. The Morgan fingerprint density at radius 3 is 1.84 bits per heavy atom. The summed E-state index contributed by atoms with van der Waals surface area (Å²) in [6.07, 6.45) is 1.63. The number of nitrogens with two attached hydrogens (primary N) is 2. The van der Waals surface area contributed by atoms with Crippen LogP contribution in [0.2, 0.25) is 0 Å². The quantitative estimate of drug-likeness (QED) is 0.414. The van der Waals surface area contributed by atoms with Crippen LogP contribution in [0, 0.1) is 0 Å². The molecule has 0 saturated heterocycles. The van der Waals surface area contributed by atoms with Gasteiger partial charge in [0.25, 0.3) is 0 Å². The molecule has 12 heteroatoms. The summed E-state index contributed by atoms with van der Waals surface area (Å²) in [5.41, 5.74) is 1.71. The molecule has 0 saturated carbocycles. The summed E-state index contributed by atoms with van der Waals surface area (Å²) >= 11 is 0. The molecule has 0 atom stereocenters. The first-order chi connectivity index (χ1) is 14.4. The number of aromatic nitrogens is 2. The Labute approximate surface area is 180 Å². The number of hydrogen-bond acceptors (Lipinski definition) is 8. The SMILES string of the molecule is CC(C)c1cnc(Nc2cccc(S(N)(=O)=O)c2)nc1Nc1cccc(S(N)(=O)=O)c1. The maximum absolute atomic E-state index is 11.6. The van der Waals surface area contributed by atoms with Gasteiger partial charge in [0.2, 0.25) is 26.0 Å². The van der Waals surface area contributed by atoms with E-state index in [1.165, 1.54) is 24.3 Å². The van der Waals surface area contributed by atoms with Crippen molar-refractivity contribution in [2.75, 3.05) is 10.6 Å². The van der Waals surface area contributed by atoms with Crippen molar-refractivity contribution in [2.24, 2.45) is 10.3 Å². The van der Waals surface area contributed by atoms with E-state index >= 15 is 0 Å². The van der Waals surface area contributed by atoms with Gasteiger partial charge in [0, 0.05) is 23.1 Å². The van der Waals surface area contributed by atoms with Gasteiger partial charge in [-0.1, -0.05) is 26.0 Å². The molecule has 0 bridgehead atoms. The maximum atomic E-state index is 11.6. The van der Waals surface area contributed by atoms with Crippen molar-refractivity contribution in [3.05, 3.63) is 60.3 Å². The van der Waals surface area contributed by atoms with Crippen LogP contribution >= 0.6 is 0 Å². The first-order valence-electron chi connectivity index (χ1n) is 9.10. The topological polar surface area (TPSA) is 170 Å². The lowest BCUT2D eigenvalue weighted by atomic mass is 10.1. The second-order valence-corrected chi connectivity index (χ2v) is 10.2. The van der Waals surface area contributed by atoms with Crippen LogP contribution in [0.15, 0.2) is 64.5 Å². The molecule has 164 valence electrons. The summed E-state index contributed by atoms with van der Waals surface area (Å²) in [5, 5.41) is 16.4. The lowest BCUT2D eigenvalue weighted by Gasteiger charge is -2.15. The van der Waals surface area contributed by atoms with Crippen LogP contribution < -0.4 is 20.9 Å². The summed E-state index contributed by atoms with van der Waals surface area (Å²) in [5.74, 6) is 0.742. The number of rotatable bonds is 7. The highest BCUT2D eigenvalue weighted by Crippen LogP contribution is 2.28. The molecule has 6 N–H and O–H groups in total. The normalized spacial score (nSPS) is 12.0. The average molecular weight is 463 g/mol. The summed E-state index contributed by atoms with van der Waals surface area (Å²) in [6, 6.07) is 12.0. The first-order valence-corrected chi connectivity index (χ1v) is 12.2. The predicted octanol–water partition coefficient (Wildman–Crippen LogP) is 2.38. The molecule has 0 aliphatic rings. The van der Waals surface area contributed by atoms with E-state index in [4.69, 9.17) is 10.3 Å². The highest BCUT2D eigenvalue weighted by molar-refractivity contribution is 7.89. The number of sulfonamides is 2. The Morgan fingerprint density at radius 1 is 0.839 bits per heavy atom. The van der Waals surface area contributed by atoms with E-state index in [0.29, 0.717) is 17.2 Å². The van der Waals surface area contributed by atoms with Gasteiger partial charge < -0.3 is 10.6 Å². The van der Waals surface area contributed by atoms with Crippen LogP contribution in [-0.4, -0.2) is 26.8 Å². The Morgan fingerprint density at radius 2 is 1.35 bits per heavy atom. The van der Waals surface area contributed by atoms with Gasteiger partial charge in [0.15, 0.2) is 0 Å². The minimum Gasteiger partial charge on any atom is -0.340 e. The molecule has 0 radical (unpaired) electrons. The number of nitrogens with zero attached hydrogens (tertiary/aromatic N) is 2. The monoisotopic (exact) mass is 462 g/mol. The van der Waals surface area contributed by atoms with Gasteiger partial charge >= 0.3 is 0 Å². The van der Waals surface area contributed by atoms with Crippen molar-refractivity contribution in [1.82, 2.24) is 9.97 Å². The van der Waals surface area contributed by atoms with E-state index in [9.17, 15) is 16.8 Å². The van der Waals surface area contributed by atoms with E-state index < -0.39 is 20.0 Å². The van der Waals surface area contributed by atoms with Crippen molar-refractivity contribution >= 4 is 43.2 Å². The molecule has 1 heterocycles. The van der Waals surface area contributed by atoms with Crippen LogP contribution in [0.5, 0.6) is 0 Å². The van der Waals surface area contributed by atoms with Gasteiger partial charge in [0.05, 0.1) is 9.79 Å². The molecule has 0 fully saturated rings. The molecule has 1 aromatic heterocycles. The third-order valence-corrected chi connectivity index (χ3v) is 6.11. The van der Waals surface area contributed by atoms with Crippen LogP contribution in [0.1, 0.15) is 25.3 Å². The van der Waals surface area contributed by atoms with Crippen LogP contribution in [0.3, 0.4) is 0 Å². The Balaban J connectivity index is 1.95. The number of benzene rings is 2. The van der Waals surface area contributed by atoms with Gasteiger partial charge in [0.1, 0.15) is 5.82 Å². The van der Waals surface area contributed by atoms with E-state index in [1.54, 1.807) is 30.5 Å². The largest absolute Gasteiger partial charge is 0.340 e. The van der Waals surface area contributed by atoms with Crippen LogP contribution in [0.4, 0.5) is 23.1 Å². The number of hydrogen-bond donors (Lipinski definition) is 4. The van der Waals surface area contributed by atoms with Crippen LogP contribution in [-0.2, 0) is 20.0 Å². The smallest absolute Gasteiger partial charge is 0.238 e. The molecule has 0 amide bonds. The standard InChI is InChI=1S/C19H22N6O4S2/c1-12(2)17-11-22-19(24-14-6-4-8-16(10-14)31(21,28)29)25-18(17)23-13-5-3-7-15(9-13)30(20,26)27/h3-12H,1-2H3,(H2,20,26,27)(H2,21,28,29)(H2,22,23,24,25). The summed E-state index contributed by atoms with van der Waals surface area (Å²) < 4.78 is 46.4. The van der Waals surface area contributed by atoms with E-state index in [2.05, 4.69) is 20.6 Å². The first kappa shape index (κ1) is 22.6. The molecule has 0 unspecified atom stereocenters. The van der Waals surface area contributed by atoms with Gasteiger partial charge in [-0.25, -0.2) is 32.1 Å². The third-order valence-electron chi connectivity index (χ3n) is 4.28.